The minimum absolute atomic E-state index is 0.0774. The normalized spacial score (nSPS) is 17.3. The lowest BCUT2D eigenvalue weighted by Gasteiger charge is -2.38. The molecule has 2 aromatic rings. The fourth-order valence-corrected chi connectivity index (χ4v) is 3.69. The van der Waals surface area contributed by atoms with Gasteiger partial charge in [0.15, 0.2) is 0 Å². The molecule has 1 fully saturated rings. The van der Waals surface area contributed by atoms with Gasteiger partial charge in [-0.1, -0.05) is 43.0 Å². The van der Waals surface area contributed by atoms with E-state index in [-0.39, 0.29) is 11.9 Å². The highest BCUT2D eigenvalue weighted by Gasteiger charge is 2.40. The molecule has 0 saturated heterocycles. The summed E-state index contributed by atoms with van der Waals surface area (Å²) in [4.78, 5) is 17.8. The van der Waals surface area contributed by atoms with Crippen LogP contribution in [0.2, 0.25) is 0 Å². The predicted molar refractivity (Wildman–Crippen MR) is 106 cm³/mol. The number of rotatable bonds is 5. The van der Waals surface area contributed by atoms with Crippen LogP contribution in [0.15, 0.2) is 42.5 Å². The van der Waals surface area contributed by atoms with Gasteiger partial charge in [0, 0.05) is 11.4 Å². The smallest absolute Gasteiger partial charge is 0.246 e. The van der Waals surface area contributed by atoms with Crippen LogP contribution in [0, 0.1) is 13.8 Å². The number of pyridine rings is 1. The van der Waals surface area contributed by atoms with E-state index >= 15 is 0 Å². The lowest BCUT2D eigenvalue weighted by Crippen LogP contribution is -2.54. The topological polar surface area (TPSA) is 54.0 Å². The van der Waals surface area contributed by atoms with E-state index in [9.17, 15) is 4.79 Å². The van der Waals surface area contributed by atoms with E-state index in [1.165, 1.54) is 12.0 Å². The van der Waals surface area contributed by atoms with Crippen LogP contribution in [0.25, 0.3) is 0 Å². The van der Waals surface area contributed by atoms with E-state index in [0.717, 1.165) is 42.8 Å². The van der Waals surface area contributed by atoms with Gasteiger partial charge in [0.05, 0.1) is 11.7 Å². The van der Waals surface area contributed by atoms with Crippen molar-refractivity contribution in [3.63, 3.8) is 0 Å². The zero-order chi connectivity index (χ0) is 18.6. The number of aromatic nitrogens is 1. The summed E-state index contributed by atoms with van der Waals surface area (Å²) in [5, 5.41) is 6.76. The van der Waals surface area contributed by atoms with Gasteiger partial charge >= 0.3 is 0 Å². The lowest BCUT2D eigenvalue weighted by molar-refractivity contribution is -0.127. The molecule has 1 aliphatic carbocycles. The standard InChI is InChI=1S/C22H29N3O/c1-16-10-12-19(13-11-16)25-22(14-5-4-6-15-22)21(26)24-18(3)20-9-7-8-17(2)23-20/h7-13,18,25H,4-6,14-15H2,1-3H3,(H,24,26). The van der Waals surface area contributed by atoms with Crippen LogP contribution in [0.1, 0.15) is 62.0 Å². The molecule has 1 atom stereocenters. The monoisotopic (exact) mass is 351 g/mol. The van der Waals surface area contributed by atoms with Crippen molar-refractivity contribution < 1.29 is 4.79 Å². The molecule has 0 aliphatic heterocycles. The van der Waals surface area contributed by atoms with Crippen molar-refractivity contribution in [3.05, 3.63) is 59.4 Å². The summed E-state index contributed by atoms with van der Waals surface area (Å²) in [5.41, 5.74) is 3.56. The first kappa shape index (κ1) is 18.4. The maximum absolute atomic E-state index is 13.3. The van der Waals surface area contributed by atoms with Crippen LogP contribution in [-0.4, -0.2) is 16.4 Å². The van der Waals surface area contributed by atoms with Gasteiger partial charge in [0.1, 0.15) is 5.54 Å². The van der Waals surface area contributed by atoms with E-state index in [1.807, 2.05) is 32.0 Å². The number of benzene rings is 1. The summed E-state index contributed by atoms with van der Waals surface area (Å²) in [7, 11) is 0. The molecule has 1 aromatic heterocycles. The Morgan fingerprint density at radius 2 is 1.73 bits per heavy atom. The van der Waals surface area contributed by atoms with Crippen LogP contribution < -0.4 is 10.6 Å². The Balaban J connectivity index is 1.78. The highest BCUT2D eigenvalue weighted by Crippen LogP contribution is 2.33. The highest BCUT2D eigenvalue weighted by molar-refractivity contribution is 5.89. The quantitative estimate of drug-likeness (QED) is 0.821. The molecule has 1 aromatic carbocycles. The Hall–Kier alpha value is -2.36. The average molecular weight is 351 g/mol. The van der Waals surface area contributed by atoms with E-state index in [0.29, 0.717) is 0 Å². The summed E-state index contributed by atoms with van der Waals surface area (Å²) < 4.78 is 0. The van der Waals surface area contributed by atoms with Gasteiger partial charge in [-0.25, -0.2) is 0 Å². The molecule has 1 unspecified atom stereocenters. The molecule has 138 valence electrons. The van der Waals surface area contributed by atoms with Crippen molar-refractivity contribution in [1.29, 1.82) is 0 Å². The third kappa shape index (κ3) is 4.24. The van der Waals surface area contributed by atoms with E-state index in [2.05, 4.69) is 46.8 Å². The van der Waals surface area contributed by atoms with Crippen molar-refractivity contribution in [3.8, 4) is 0 Å². The molecule has 0 bridgehead atoms. The van der Waals surface area contributed by atoms with Crippen molar-refractivity contribution in [1.82, 2.24) is 10.3 Å². The second-order valence-corrected chi connectivity index (χ2v) is 7.53. The second-order valence-electron chi connectivity index (χ2n) is 7.53. The highest BCUT2D eigenvalue weighted by atomic mass is 16.2. The molecule has 0 spiro atoms. The third-order valence-electron chi connectivity index (χ3n) is 5.28. The number of hydrogen-bond donors (Lipinski definition) is 2. The van der Waals surface area contributed by atoms with Crippen LogP contribution in [-0.2, 0) is 4.79 Å². The minimum Gasteiger partial charge on any atom is -0.371 e. The number of aryl methyl sites for hydroxylation is 2. The van der Waals surface area contributed by atoms with Crippen molar-refractivity contribution in [2.75, 3.05) is 5.32 Å². The summed E-state index contributed by atoms with van der Waals surface area (Å²) >= 11 is 0. The van der Waals surface area contributed by atoms with Gasteiger partial charge in [-0.15, -0.1) is 0 Å². The van der Waals surface area contributed by atoms with Crippen LogP contribution in [0.3, 0.4) is 0 Å². The Morgan fingerprint density at radius 1 is 1.04 bits per heavy atom. The number of anilines is 1. The van der Waals surface area contributed by atoms with Gasteiger partial charge in [-0.05, 0) is 57.9 Å². The molecule has 1 saturated carbocycles. The molecule has 1 amide bonds. The molecule has 26 heavy (non-hydrogen) atoms. The van der Waals surface area contributed by atoms with Crippen molar-refractivity contribution >= 4 is 11.6 Å². The molecule has 1 aliphatic rings. The molecule has 1 heterocycles. The van der Waals surface area contributed by atoms with Gasteiger partial charge in [-0.2, -0.15) is 0 Å². The van der Waals surface area contributed by atoms with Crippen LogP contribution >= 0.6 is 0 Å². The zero-order valence-corrected chi connectivity index (χ0v) is 16.0. The Kier molecular flexibility index (Phi) is 5.60. The van der Waals surface area contributed by atoms with E-state index in [4.69, 9.17) is 0 Å². The van der Waals surface area contributed by atoms with Crippen LogP contribution in [0.5, 0.6) is 0 Å². The molecule has 2 N–H and O–H groups in total. The SMILES string of the molecule is Cc1ccc(NC2(C(=O)NC(C)c3cccc(C)n3)CCCCC2)cc1. The molecule has 0 radical (unpaired) electrons. The summed E-state index contributed by atoms with van der Waals surface area (Å²) in [5.74, 6) is 0.0774. The van der Waals surface area contributed by atoms with Crippen molar-refractivity contribution in [2.24, 2.45) is 0 Å². The number of carbonyl (C=O) groups is 1. The molecular weight excluding hydrogens is 322 g/mol. The third-order valence-corrected chi connectivity index (χ3v) is 5.28. The second kappa shape index (κ2) is 7.90. The summed E-state index contributed by atoms with van der Waals surface area (Å²) in [6.07, 6.45) is 5.06. The number of nitrogens with zero attached hydrogens (tertiary/aromatic N) is 1. The van der Waals surface area contributed by atoms with Gasteiger partial charge in [0.2, 0.25) is 5.91 Å². The molecule has 4 nitrogen and oxygen atoms in total. The predicted octanol–water partition coefficient (Wildman–Crippen LogP) is 4.69. The average Bonchev–Trinajstić information content (AvgIpc) is 2.64. The van der Waals surface area contributed by atoms with E-state index in [1.54, 1.807) is 0 Å². The maximum Gasteiger partial charge on any atom is 0.246 e. The number of amides is 1. The zero-order valence-electron chi connectivity index (χ0n) is 16.0. The van der Waals surface area contributed by atoms with E-state index < -0.39 is 5.54 Å². The van der Waals surface area contributed by atoms with Crippen LogP contribution in [0.4, 0.5) is 5.69 Å². The summed E-state index contributed by atoms with van der Waals surface area (Å²) in [6.45, 7) is 6.05. The fraction of sp³-hybridized carbons (Fsp3) is 0.455. The minimum atomic E-state index is -0.536. The lowest BCUT2D eigenvalue weighted by atomic mass is 9.80. The first-order valence-corrected chi connectivity index (χ1v) is 9.58. The Labute approximate surface area is 156 Å². The first-order valence-electron chi connectivity index (χ1n) is 9.58. The molecule has 4 heteroatoms. The Morgan fingerprint density at radius 3 is 2.38 bits per heavy atom. The number of carbonyl (C=O) groups excluding carboxylic acids is 1. The first-order chi connectivity index (χ1) is 12.5. The van der Waals surface area contributed by atoms with Crippen molar-refractivity contribution in [2.45, 2.75) is 64.5 Å². The molecule has 3 rings (SSSR count). The largest absolute Gasteiger partial charge is 0.371 e. The number of hydrogen-bond acceptors (Lipinski definition) is 3. The Bertz CT molecular complexity index is 748. The molecular formula is C22H29N3O. The van der Waals surface area contributed by atoms with Gasteiger partial charge < -0.3 is 10.6 Å². The fourth-order valence-electron chi connectivity index (χ4n) is 3.69. The number of nitrogens with one attached hydrogen (secondary N) is 2. The maximum atomic E-state index is 13.3. The summed E-state index contributed by atoms with van der Waals surface area (Å²) in [6, 6.07) is 14.1. The van der Waals surface area contributed by atoms with Gasteiger partial charge in [0.25, 0.3) is 0 Å². The van der Waals surface area contributed by atoms with Gasteiger partial charge in [-0.3, -0.25) is 9.78 Å².